The molecule has 1 heterocycles. The Kier molecular flexibility index (Phi) is 3.55. The van der Waals surface area contributed by atoms with Gasteiger partial charge >= 0.3 is 6.98 Å². The monoisotopic (exact) mass is 252 g/mol. The molecule has 0 bridgehead atoms. The van der Waals surface area contributed by atoms with Gasteiger partial charge in [0.2, 0.25) is 0 Å². The minimum Gasteiger partial charge on any atom is -0.487 e. The Morgan fingerprint density at radius 3 is 2.44 bits per heavy atom. The van der Waals surface area contributed by atoms with Gasteiger partial charge in [0.15, 0.2) is 0 Å². The maximum absolute atomic E-state index is 12.5. The van der Waals surface area contributed by atoms with Crippen LogP contribution in [-0.2, 0) is 6.61 Å². The minimum absolute atomic E-state index is 0.121. The van der Waals surface area contributed by atoms with Gasteiger partial charge in [-0.05, 0) is 11.6 Å². The number of aromatic nitrogens is 1. The third-order valence-electron chi connectivity index (χ3n) is 2.36. The average molecular weight is 252 g/mol. The molecular weight excluding hydrogens is 242 g/mol. The molecule has 0 radical (unpaired) electrons. The second-order valence-electron chi connectivity index (χ2n) is 3.80. The number of hydrogen-bond acceptors (Lipinski definition) is 2. The summed E-state index contributed by atoms with van der Waals surface area (Å²) in [5.41, 5.74) is 0.140. The van der Waals surface area contributed by atoms with Crippen molar-refractivity contribution in [2.24, 2.45) is 0 Å². The van der Waals surface area contributed by atoms with E-state index in [1.54, 1.807) is 0 Å². The highest BCUT2D eigenvalue weighted by molar-refractivity contribution is 6.73. The number of halogens is 3. The smallest absolute Gasteiger partial charge is 0.487 e. The maximum Gasteiger partial charge on any atom is 0.511 e. The summed E-state index contributed by atoms with van der Waals surface area (Å²) < 4.78 is 42.8. The van der Waals surface area contributed by atoms with Crippen molar-refractivity contribution >= 4 is 12.4 Å². The molecule has 0 aliphatic carbocycles. The molecule has 1 aromatic heterocycles. The standard InChI is InChI=1S/C12H10BF3NO/c14-13(15,16)11-6-12(8-17-7-11)18-9-10-4-2-1-3-5-10/h1-8H,9H2/q-1. The van der Waals surface area contributed by atoms with Crippen LogP contribution in [0.25, 0.3) is 0 Å². The maximum atomic E-state index is 12.5. The van der Waals surface area contributed by atoms with Crippen LogP contribution < -0.4 is 10.2 Å². The number of rotatable bonds is 4. The van der Waals surface area contributed by atoms with Gasteiger partial charge in [0.1, 0.15) is 12.4 Å². The van der Waals surface area contributed by atoms with E-state index in [2.05, 4.69) is 4.98 Å². The van der Waals surface area contributed by atoms with Gasteiger partial charge in [-0.1, -0.05) is 35.8 Å². The van der Waals surface area contributed by atoms with Crippen LogP contribution in [0.2, 0.25) is 0 Å². The number of benzene rings is 1. The van der Waals surface area contributed by atoms with Crippen molar-refractivity contribution < 1.29 is 17.7 Å². The molecule has 2 aromatic rings. The van der Waals surface area contributed by atoms with Crippen LogP contribution in [0, 0.1) is 0 Å². The van der Waals surface area contributed by atoms with Crippen molar-refractivity contribution in [1.29, 1.82) is 0 Å². The Balaban J connectivity index is 2.06. The van der Waals surface area contributed by atoms with E-state index in [1.165, 1.54) is 6.20 Å². The molecule has 6 heteroatoms. The fraction of sp³-hybridized carbons (Fsp3) is 0.0833. The molecule has 94 valence electrons. The third-order valence-corrected chi connectivity index (χ3v) is 2.36. The van der Waals surface area contributed by atoms with Gasteiger partial charge < -0.3 is 17.7 Å². The predicted octanol–water partition coefficient (Wildman–Crippen LogP) is 2.72. The fourth-order valence-corrected chi connectivity index (χ4v) is 1.43. The number of hydrogen-bond donors (Lipinski definition) is 0. The Hall–Kier alpha value is -1.98. The van der Waals surface area contributed by atoms with Crippen LogP contribution in [0.15, 0.2) is 48.8 Å². The van der Waals surface area contributed by atoms with Crippen LogP contribution in [0.4, 0.5) is 12.9 Å². The predicted molar refractivity (Wildman–Crippen MR) is 63.7 cm³/mol. The first-order valence-electron chi connectivity index (χ1n) is 5.37. The topological polar surface area (TPSA) is 22.1 Å². The minimum atomic E-state index is -5.04. The van der Waals surface area contributed by atoms with Gasteiger partial charge in [-0.25, -0.2) is 0 Å². The molecule has 2 nitrogen and oxygen atoms in total. The van der Waals surface area contributed by atoms with E-state index < -0.39 is 12.4 Å². The van der Waals surface area contributed by atoms with Crippen molar-refractivity contribution in [1.82, 2.24) is 4.98 Å². The second kappa shape index (κ2) is 5.12. The van der Waals surface area contributed by atoms with Crippen LogP contribution in [-0.4, -0.2) is 12.0 Å². The summed E-state index contributed by atoms with van der Waals surface area (Å²) in [5, 5.41) is 0. The second-order valence-corrected chi connectivity index (χ2v) is 3.80. The molecular formula is C12H10BF3NO-. The summed E-state index contributed by atoms with van der Waals surface area (Å²) in [6, 6.07) is 10.2. The highest BCUT2D eigenvalue weighted by atomic mass is 19.4. The lowest BCUT2D eigenvalue weighted by atomic mass is 9.81. The van der Waals surface area contributed by atoms with Crippen molar-refractivity contribution in [2.75, 3.05) is 0 Å². The molecule has 0 saturated heterocycles. The lowest BCUT2D eigenvalue weighted by molar-refractivity contribution is 0.305. The SMILES string of the molecule is F[B-](F)(F)c1cncc(OCc2ccccc2)c1. The first-order chi connectivity index (χ1) is 8.55. The molecule has 18 heavy (non-hydrogen) atoms. The van der Waals surface area contributed by atoms with Crippen LogP contribution in [0.1, 0.15) is 5.56 Å². The Bertz CT molecular complexity index is 516. The lowest BCUT2D eigenvalue weighted by Crippen LogP contribution is -2.34. The zero-order valence-corrected chi connectivity index (χ0v) is 9.39. The van der Waals surface area contributed by atoms with Crippen molar-refractivity contribution in [3.63, 3.8) is 0 Å². The summed E-state index contributed by atoms with van der Waals surface area (Å²) in [5.74, 6) is 0.121. The Morgan fingerprint density at radius 1 is 1.06 bits per heavy atom. The van der Waals surface area contributed by atoms with Crippen molar-refractivity contribution in [2.45, 2.75) is 6.61 Å². The van der Waals surface area contributed by atoms with E-state index in [-0.39, 0.29) is 12.4 Å². The highest BCUT2D eigenvalue weighted by Gasteiger charge is 2.26. The van der Waals surface area contributed by atoms with Gasteiger partial charge in [-0.2, -0.15) is 0 Å². The largest absolute Gasteiger partial charge is 0.511 e. The molecule has 0 fully saturated rings. The lowest BCUT2D eigenvalue weighted by Gasteiger charge is -2.15. The molecule has 0 N–H and O–H groups in total. The summed E-state index contributed by atoms with van der Waals surface area (Å²) in [6.07, 6.45) is 2.07. The first-order valence-corrected chi connectivity index (χ1v) is 5.37. The highest BCUT2D eigenvalue weighted by Crippen LogP contribution is 2.14. The zero-order chi connectivity index (χ0) is 13.0. The van der Waals surface area contributed by atoms with E-state index in [1.807, 2.05) is 30.3 Å². The molecule has 0 spiro atoms. The Morgan fingerprint density at radius 2 is 1.78 bits per heavy atom. The van der Waals surface area contributed by atoms with Gasteiger partial charge in [0.05, 0.1) is 6.20 Å². The summed E-state index contributed by atoms with van der Waals surface area (Å²) in [6.45, 7) is -4.82. The van der Waals surface area contributed by atoms with E-state index >= 15 is 0 Å². The molecule has 0 aliphatic rings. The van der Waals surface area contributed by atoms with E-state index in [0.29, 0.717) is 0 Å². The van der Waals surface area contributed by atoms with Crippen LogP contribution in [0.5, 0.6) is 5.75 Å². The third kappa shape index (κ3) is 3.26. The number of pyridine rings is 1. The summed E-state index contributed by atoms with van der Waals surface area (Å²) in [4.78, 5) is 3.53. The van der Waals surface area contributed by atoms with Crippen molar-refractivity contribution in [3.8, 4) is 5.75 Å². The molecule has 0 atom stereocenters. The van der Waals surface area contributed by atoms with Gasteiger partial charge in [0, 0.05) is 6.20 Å². The molecule has 0 saturated carbocycles. The average Bonchev–Trinajstić information content (AvgIpc) is 2.37. The molecule has 1 aromatic carbocycles. The Labute approximate surface area is 102 Å². The van der Waals surface area contributed by atoms with E-state index in [9.17, 15) is 12.9 Å². The van der Waals surface area contributed by atoms with Gasteiger partial charge in [0.25, 0.3) is 0 Å². The summed E-state index contributed by atoms with van der Waals surface area (Å²) >= 11 is 0. The molecule has 0 amide bonds. The quantitative estimate of drug-likeness (QED) is 0.780. The van der Waals surface area contributed by atoms with Crippen LogP contribution in [0.3, 0.4) is 0 Å². The molecule has 0 aliphatic heterocycles. The zero-order valence-electron chi connectivity index (χ0n) is 9.39. The van der Waals surface area contributed by atoms with Gasteiger partial charge in [-0.15, -0.1) is 0 Å². The fourth-order valence-electron chi connectivity index (χ4n) is 1.43. The molecule has 0 unspecified atom stereocenters. The van der Waals surface area contributed by atoms with Crippen molar-refractivity contribution in [3.05, 3.63) is 54.4 Å². The first kappa shape index (κ1) is 12.5. The summed E-state index contributed by atoms with van der Waals surface area (Å²) in [7, 11) is 0. The van der Waals surface area contributed by atoms with E-state index in [4.69, 9.17) is 4.74 Å². The number of nitrogens with zero attached hydrogens (tertiary/aromatic N) is 1. The number of ether oxygens (including phenoxy) is 1. The van der Waals surface area contributed by atoms with E-state index in [0.717, 1.165) is 17.8 Å². The van der Waals surface area contributed by atoms with Gasteiger partial charge in [-0.3, -0.25) is 4.98 Å². The van der Waals surface area contributed by atoms with Crippen LogP contribution >= 0.6 is 0 Å². The molecule has 2 rings (SSSR count). The normalized spacial score (nSPS) is 11.3.